The molecule has 0 amide bonds. The van der Waals surface area contributed by atoms with Crippen molar-refractivity contribution in [3.63, 3.8) is 0 Å². The molecule has 1 aromatic carbocycles. The first-order valence-corrected chi connectivity index (χ1v) is 6.62. The third kappa shape index (κ3) is 2.91. The molecule has 1 fully saturated rings. The van der Waals surface area contributed by atoms with Gasteiger partial charge in [0.25, 0.3) is 0 Å². The van der Waals surface area contributed by atoms with Crippen molar-refractivity contribution in [3.05, 3.63) is 29.8 Å². The number of Topliss-reactive ketones (excluding diaryl/α,β-unsaturated/α-hetero) is 1. The summed E-state index contributed by atoms with van der Waals surface area (Å²) in [5.74, 6) is 1.07. The van der Waals surface area contributed by atoms with Crippen LogP contribution in [0.15, 0.2) is 24.3 Å². The Morgan fingerprint density at radius 3 is 2.78 bits per heavy atom. The van der Waals surface area contributed by atoms with Crippen LogP contribution in [0.25, 0.3) is 0 Å². The Balaban J connectivity index is 2.06. The molecule has 1 aliphatic carbocycles. The van der Waals surface area contributed by atoms with Crippen LogP contribution in [0.3, 0.4) is 0 Å². The van der Waals surface area contributed by atoms with Crippen molar-refractivity contribution in [2.75, 3.05) is 7.11 Å². The van der Waals surface area contributed by atoms with Gasteiger partial charge in [-0.25, -0.2) is 0 Å². The van der Waals surface area contributed by atoms with Gasteiger partial charge in [-0.3, -0.25) is 4.79 Å². The Morgan fingerprint density at radius 1 is 1.33 bits per heavy atom. The largest absolute Gasteiger partial charge is 0.496 e. The van der Waals surface area contributed by atoms with Gasteiger partial charge in [0.1, 0.15) is 11.5 Å². The quantitative estimate of drug-likeness (QED) is 0.888. The van der Waals surface area contributed by atoms with Crippen LogP contribution >= 0.6 is 0 Å². The second kappa shape index (κ2) is 6.01. The third-order valence-corrected chi connectivity index (χ3v) is 3.79. The van der Waals surface area contributed by atoms with Gasteiger partial charge in [-0.05, 0) is 18.9 Å². The van der Waals surface area contributed by atoms with Crippen molar-refractivity contribution in [2.45, 2.75) is 38.1 Å². The van der Waals surface area contributed by atoms with E-state index in [0.717, 1.165) is 37.0 Å². The minimum absolute atomic E-state index is 0.0312. The lowest BCUT2D eigenvalue weighted by Crippen LogP contribution is -2.38. The summed E-state index contributed by atoms with van der Waals surface area (Å²) in [5, 5.41) is 0. The molecule has 1 aromatic rings. The normalized spacial score (nSPS) is 23.7. The van der Waals surface area contributed by atoms with E-state index in [-0.39, 0.29) is 17.7 Å². The van der Waals surface area contributed by atoms with Crippen LogP contribution in [-0.2, 0) is 11.2 Å². The topological polar surface area (TPSA) is 52.3 Å². The number of methoxy groups -OCH3 is 1. The summed E-state index contributed by atoms with van der Waals surface area (Å²) in [6.07, 6.45) is 4.62. The first-order chi connectivity index (χ1) is 8.72. The van der Waals surface area contributed by atoms with E-state index >= 15 is 0 Å². The fourth-order valence-electron chi connectivity index (χ4n) is 2.73. The molecule has 0 bridgehead atoms. The average molecular weight is 247 g/mol. The minimum atomic E-state index is 0.0312. The van der Waals surface area contributed by atoms with Crippen molar-refractivity contribution in [2.24, 2.45) is 11.7 Å². The highest BCUT2D eigenvalue weighted by molar-refractivity contribution is 5.84. The number of nitrogens with two attached hydrogens (primary N) is 1. The summed E-state index contributed by atoms with van der Waals surface area (Å²) in [5.41, 5.74) is 7.01. The third-order valence-electron chi connectivity index (χ3n) is 3.79. The number of carbonyl (C=O) groups is 1. The van der Waals surface area contributed by atoms with Crippen LogP contribution in [0.4, 0.5) is 0 Å². The Labute approximate surface area is 108 Å². The molecule has 2 N–H and O–H groups in total. The molecule has 98 valence electrons. The lowest BCUT2D eigenvalue weighted by Gasteiger charge is -2.27. The molecule has 0 aromatic heterocycles. The molecule has 0 saturated heterocycles. The molecule has 0 heterocycles. The van der Waals surface area contributed by atoms with Crippen LogP contribution in [0.2, 0.25) is 0 Å². The van der Waals surface area contributed by atoms with Gasteiger partial charge in [-0.1, -0.05) is 31.0 Å². The summed E-state index contributed by atoms with van der Waals surface area (Å²) in [6.45, 7) is 0. The van der Waals surface area contributed by atoms with Gasteiger partial charge >= 0.3 is 0 Å². The minimum Gasteiger partial charge on any atom is -0.496 e. The molecule has 0 aliphatic heterocycles. The molecule has 3 heteroatoms. The maximum absolute atomic E-state index is 12.3. The van der Waals surface area contributed by atoms with Gasteiger partial charge in [0.05, 0.1) is 7.11 Å². The van der Waals surface area contributed by atoms with E-state index in [1.54, 1.807) is 7.11 Å². The van der Waals surface area contributed by atoms with Gasteiger partial charge in [-0.2, -0.15) is 0 Å². The van der Waals surface area contributed by atoms with Crippen LogP contribution in [0.1, 0.15) is 31.2 Å². The average Bonchev–Trinajstić information content (AvgIpc) is 2.39. The Kier molecular flexibility index (Phi) is 4.37. The van der Waals surface area contributed by atoms with E-state index in [1.165, 1.54) is 0 Å². The smallest absolute Gasteiger partial charge is 0.142 e. The van der Waals surface area contributed by atoms with Gasteiger partial charge < -0.3 is 10.5 Å². The fraction of sp³-hybridized carbons (Fsp3) is 0.533. The van der Waals surface area contributed by atoms with E-state index in [0.29, 0.717) is 6.42 Å². The number of hydrogen-bond donors (Lipinski definition) is 1. The number of rotatable bonds is 4. The number of ether oxygens (including phenoxy) is 1. The second-order valence-electron chi connectivity index (χ2n) is 5.01. The van der Waals surface area contributed by atoms with Crippen LogP contribution in [-0.4, -0.2) is 18.9 Å². The van der Waals surface area contributed by atoms with E-state index in [1.807, 2.05) is 24.3 Å². The molecule has 1 aliphatic rings. The summed E-state index contributed by atoms with van der Waals surface area (Å²) in [6, 6.07) is 7.74. The Hall–Kier alpha value is -1.35. The number of hydrogen-bond acceptors (Lipinski definition) is 3. The molecule has 2 unspecified atom stereocenters. The molecule has 2 rings (SSSR count). The van der Waals surface area contributed by atoms with E-state index in [9.17, 15) is 4.79 Å². The first-order valence-electron chi connectivity index (χ1n) is 6.62. The molecular formula is C15H21NO2. The summed E-state index contributed by atoms with van der Waals surface area (Å²) < 4.78 is 5.28. The highest BCUT2D eigenvalue weighted by Gasteiger charge is 2.28. The Morgan fingerprint density at radius 2 is 2.06 bits per heavy atom. The zero-order valence-corrected chi connectivity index (χ0v) is 10.9. The van der Waals surface area contributed by atoms with E-state index in [4.69, 9.17) is 10.5 Å². The first kappa shape index (κ1) is 13.1. The lowest BCUT2D eigenvalue weighted by molar-refractivity contribution is -0.123. The van der Waals surface area contributed by atoms with Crippen LogP contribution < -0.4 is 10.5 Å². The van der Waals surface area contributed by atoms with Crippen LogP contribution in [0, 0.1) is 5.92 Å². The lowest BCUT2D eigenvalue weighted by atomic mass is 9.80. The van der Waals surface area contributed by atoms with E-state index in [2.05, 4.69) is 0 Å². The fourth-order valence-corrected chi connectivity index (χ4v) is 2.73. The number of carbonyl (C=O) groups excluding carboxylic acids is 1. The van der Waals surface area contributed by atoms with Crippen molar-refractivity contribution < 1.29 is 9.53 Å². The maximum Gasteiger partial charge on any atom is 0.142 e. The van der Waals surface area contributed by atoms with Gasteiger partial charge in [0.2, 0.25) is 0 Å². The molecule has 18 heavy (non-hydrogen) atoms. The van der Waals surface area contributed by atoms with Crippen molar-refractivity contribution in [1.29, 1.82) is 0 Å². The molecule has 2 atom stereocenters. The predicted octanol–water partition coefficient (Wildman–Crippen LogP) is 2.32. The number of para-hydroxylation sites is 1. The monoisotopic (exact) mass is 247 g/mol. The standard InChI is InChI=1S/C15H21NO2/c1-18-15-9-5-2-6-11(15)10-14(17)12-7-3-4-8-13(12)16/h2,5-6,9,12-13H,3-4,7-8,10,16H2,1H3. The van der Waals surface area contributed by atoms with Gasteiger partial charge in [-0.15, -0.1) is 0 Å². The van der Waals surface area contributed by atoms with Crippen molar-refractivity contribution in [1.82, 2.24) is 0 Å². The summed E-state index contributed by atoms with van der Waals surface area (Å²) in [7, 11) is 1.63. The zero-order chi connectivity index (χ0) is 13.0. The Bertz CT molecular complexity index is 417. The summed E-state index contributed by atoms with van der Waals surface area (Å²) >= 11 is 0. The molecule has 0 spiro atoms. The molecule has 1 saturated carbocycles. The van der Waals surface area contributed by atoms with Gasteiger partial charge in [0, 0.05) is 23.9 Å². The van der Waals surface area contributed by atoms with Crippen molar-refractivity contribution >= 4 is 5.78 Å². The second-order valence-corrected chi connectivity index (χ2v) is 5.01. The van der Waals surface area contributed by atoms with Crippen LogP contribution in [0.5, 0.6) is 5.75 Å². The van der Waals surface area contributed by atoms with Gasteiger partial charge in [0.15, 0.2) is 0 Å². The maximum atomic E-state index is 12.3. The highest BCUT2D eigenvalue weighted by atomic mass is 16.5. The highest BCUT2D eigenvalue weighted by Crippen LogP contribution is 2.26. The number of ketones is 1. The number of benzene rings is 1. The molecule has 3 nitrogen and oxygen atoms in total. The van der Waals surface area contributed by atoms with Crippen molar-refractivity contribution in [3.8, 4) is 5.75 Å². The summed E-state index contributed by atoms with van der Waals surface area (Å²) in [4.78, 5) is 12.3. The molecule has 0 radical (unpaired) electrons. The van der Waals surface area contributed by atoms with E-state index < -0.39 is 0 Å². The predicted molar refractivity (Wildman–Crippen MR) is 71.6 cm³/mol. The molecular weight excluding hydrogens is 226 g/mol. The SMILES string of the molecule is COc1ccccc1CC(=O)C1CCCCC1N. The zero-order valence-electron chi connectivity index (χ0n) is 10.9.